The van der Waals surface area contributed by atoms with Crippen LogP contribution in [0, 0.1) is 12.7 Å². The van der Waals surface area contributed by atoms with Crippen LogP contribution in [0.2, 0.25) is 0 Å². The average Bonchev–Trinajstić information content (AvgIpc) is 2.96. The molecule has 3 rings (SSSR count). The number of nitrogens with two attached hydrogens (primary N) is 1. The SMILES string of the molecule is CCNC(=NCc1oc2ccc(F)cc2c1C)NC1CCN(CC(N)=O)CC1.I. The van der Waals surface area contributed by atoms with E-state index >= 15 is 0 Å². The number of amides is 1. The van der Waals surface area contributed by atoms with Gasteiger partial charge in [0.05, 0.1) is 6.54 Å². The Morgan fingerprint density at radius 3 is 2.76 bits per heavy atom. The summed E-state index contributed by atoms with van der Waals surface area (Å²) < 4.78 is 19.3. The van der Waals surface area contributed by atoms with Crippen LogP contribution in [-0.2, 0) is 11.3 Å². The highest BCUT2D eigenvalue weighted by Gasteiger charge is 2.21. The first kappa shape index (κ1) is 23.4. The fraction of sp³-hybridized carbons (Fsp3) is 0.500. The van der Waals surface area contributed by atoms with E-state index in [1.165, 1.54) is 12.1 Å². The third-order valence-corrected chi connectivity index (χ3v) is 5.03. The molecule has 1 aromatic carbocycles. The lowest BCUT2D eigenvalue weighted by Gasteiger charge is -2.32. The van der Waals surface area contributed by atoms with Crippen molar-refractivity contribution in [3.8, 4) is 0 Å². The van der Waals surface area contributed by atoms with Gasteiger partial charge in [-0.05, 0) is 44.9 Å². The van der Waals surface area contributed by atoms with E-state index in [0.29, 0.717) is 18.7 Å². The highest BCUT2D eigenvalue weighted by molar-refractivity contribution is 14.0. The van der Waals surface area contributed by atoms with Gasteiger partial charge in [-0.1, -0.05) is 0 Å². The molecule has 1 fully saturated rings. The summed E-state index contributed by atoms with van der Waals surface area (Å²) in [7, 11) is 0. The predicted molar refractivity (Wildman–Crippen MR) is 123 cm³/mol. The molecule has 2 aromatic rings. The van der Waals surface area contributed by atoms with E-state index in [4.69, 9.17) is 10.2 Å². The minimum absolute atomic E-state index is 0. The summed E-state index contributed by atoms with van der Waals surface area (Å²) in [5.41, 5.74) is 6.85. The molecule has 7 nitrogen and oxygen atoms in total. The van der Waals surface area contributed by atoms with Gasteiger partial charge in [-0.25, -0.2) is 9.38 Å². The summed E-state index contributed by atoms with van der Waals surface area (Å²) in [6, 6.07) is 4.82. The lowest BCUT2D eigenvalue weighted by molar-refractivity contribution is -0.119. The molecule has 1 aliphatic heterocycles. The van der Waals surface area contributed by atoms with Gasteiger partial charge in [-0.3, -0.25) is 9.69 Å². The summed E-state index contributed by atoms with van der Waals surface area (Å²) in [6.07, 6.45) is 1.83. The van der Waals surface area contributed by atoms with Crippen LogP contribution in [0.15, 0.2) is 27.6 Å². The van der Waals surface area contributed by atoms with Crippen molar-refractivity contribution in [2.75, 3.05) is 26.2 Å². The number of benzene rings is 1. The van der Waals surface area contributed by atoms with Crippen LogP contribution >= 0.6 is 24.0 Å². The number of guanidine groups is 1. The number of hydrogen-bond donors (Lipinski definition) is 3. The third kappa shape index (κ3) is 6.30. The molecule has 9 heteroatoms. The van der Waals surface area contributed by atoms with Crippen LogP contribution in [0.25, 0.3) is 11.0 Å². The number of primary amides is 1. The van der Waals surface area contributed by atoms with Crippen LogP contribution in [0.4, 0.5) is 4.39 Å². The zero-order valence-corrected chi connectivity index (χ0v) is 19.2. The van der Waals surface area contributed by atoms with E-state index in [1.54, 1.807) is 6.07 Å². The predicted octanol–water partition coefficient (Wildman–Crippen LogP) is 2.50. The molecule has 160 valence electrons. The maximum atomic E-state index is 13.5. The Morgan fingerprint density at radius 1 is 1.38 bits per heavy atom. The molecule has 1 amide bonds. The van der Waals surface area contributed by atoms with Crippen LogP contribution in [0.3, 0.4) is 0 Å². The van der Waals surface area contributed by atoms with Crippen LogP contribution in [0.1, 0.15) is 31.1 Å². The van der Waals surface area contributed by atoms with Gasteiger partial charge in [0.1, 0.15) is 23.7 Å². The molecule has 0 radical (unpaired) electrons. The van der Waals surface area contributed by atoms with E-state index in [9.17, 15) is 9.18 Å². The van der Waals surface area contributed by atoms with Crippen LogP contribution in [-0.4, -0.2) is 49.0 Å². The average molecular weight is 517 g/mol. The number of carbonyl (C=O) groups is 1. The minimum Gasteiger partial charge on any atom is -0.459 e. The Labute approximate surface area is 187 Å². The maximum Gasteiger partial charge on any atom is 0.231 e. The first-order valence-corrected chi connectivity index (χ1v) is 9.69. The number of rotatable bonds is 6. The van der Waals surface area contributed by atoms with E-state index in [-0.39, 0.29) is 41.7 Å². The molecule has 4 N–H and O–H groups in total. The normalized spacial score (nSPS) is 15.9. The molecule has 0 atom stereocenters. The topological polar surface area (TPSA) is 95.9 Å². The first-order chi connectivity index (χ1) is 13.5. The number of halogens is 2. The van der Waals surface area contributed by atoms with Gasteiger partial charge < -0.3 is 20.8 Å². The quantitative estimate of drug-likeness (QED) is 0.311. The van der Waals surface area contributed by atoms with Crippen molar-refractivity contribution >= 4 is 46.8 Å². The smallest absolute Gasteiger partial charge is 0.231 e. The van der Waals surface area contributed by atoms with Gasteiger partial charge >= 0.3 is 0 Å². The lowest BCUT2D eigenvalue weighted by Crippen LogP contribution is -2.49. The van der Waals surface area contributed by atoms with Crippen molar-refractivity contribution < 1.29 is 13.6 Å². The highest BCUT2D eigenvalue weighted by Crippen LogP contribution is 2.26. The molecule has 0 bridgehead atoms. The van der Waals surface area contributed by atoms with Crippen molar-refractivity contribution in [3.05, 3.63) is 35.3 Å². The second-order valence-corrected chi connectivity index (χ2v) is 7.15. The highest BCUT2D eigenvalue weighted by atomic mass is 127. The Hall–Kier alpha value is -1.88. The van der Waals surface area contributed by atoms with Crippen molar-refractivity contribution in [2.45, 2.75) is 39.3 Å². The monoisotopic (exact) mass is 517 g/mol. The number of nitrogens with zero attached hydrogens (tertiary/aromatic N) is 2. The van der Waals surface area contributed by atoms with Crippen molar-refractivity contribution in [2.24, 2.45) is 10.7 Å². The number of piperidine rings is 1. The summed E-state index contributed by atoms with van der Waals surface area (Å²) in [5.74, 6) is 0.891. The first-order valence-electron chi connectivity index (χ1n) is 9.69. The number of nitrogens with one attached hydrogen (secondary N) is 2. The van der Waals surface area contributed by atoms with Crippen molar-refractivity contribution in [3.63, 3.8) is 0 Å². The molecular formula is C20H29FIN5O2. The molecule has 0 aliphatic carbocycles. The molecule has 1 saturated heterocycles. The number of furan rings is 1. The van der Waals surface area contributed by atoms with Crippen LogP contribution < -0.4 is 16.4 Å². The number of aliphatic imine (C=N–C) groups is 1. The Bertz CT molecular complexity index is 862. The summed E-state index contributed by atoms with van der Waals surface area (Å²) in [5, 5.41) is 7.50. The molecule has 29 heavy (non-hydrogen) atoms. The number of likely N-dealkylation sites (tertiary alicyclic amines) is 1. The summed E-state index contributed by atoms with van der Waals surface area (Å²) >= 11 is 0. The second-order valence-electron chi connectivity index (χ2n) is 7.15. The van der Waals surface area contributed by atoms with E-state index in [0.717, 1.165) is 55.1 Å². The minimum atomic E-state index is -0.289. The van der Waals surface area contributed by atoms with Crippen molar-refractivity contribution in [1.82, 2.24) is 15.5 Å². The molecule has 0 unspecified atom stereocenters. The largest absolute Gasteiger partial charge is 0.459 e. The Morgan fingerprint density at radius 2 is 2.10 bits per heavy atom. The van der Waals surface area contributed by atoms with Gasteiger partial charge in [0.2, 0.25) is 5.91 Å². The van der Waals surface area contributed by atoms with Gasteiger partial charge in [0.15, 0.2) is 5.96 Å². The van der Waals surface area contributed by atoms with Gasteiger partial charge in [-0.2, -0.15) is 0 Å². The molecule has 1 aliphatic rings. The molecule has 2 heterocycles. The number of carbonyl (C=O) groups excluding carboxylic acids is 1. The summed E-state index contributed by atoms with van der Waals surface area (Å²) in [4.78, 5) is 17.8. The zero-order chi connectivity index (χ0) is 20.1. The molecule has 0 saturated carbocycles. The zero-order valence-electron chi connectivity index (χ0n) is 16.8. The standard InChI is InChI=1S/C20H28FN5O2.HI/c1-3-23-20(25-15-6-8-26(9-7-15)12-19(22)27)24-11-18-13(2)16-10-14(21)4-5-17(16)28-18;/h4-5,10,15H,3,6-9,11-12H2,1-2H3,(H2,22,27)(H2,23,24,25);1H. The van der Waals surface area contributed by atoms with E-state index in [1.807, 2.05) is 13.8 Å². The van der Waals surface area contributed by atoms with Gasteiger partial charge in [0, 0.05) is 36.6 Å². The fourth-order valence-corrected chi connectivity index (χ4v) is 3.51. The molecule has 0 spiro atoms. The van der Waals surface area contributed by atoms with Crippen LogP contribution in [0.5, 0.6) is 0 Å². The third-order valence-electron chi connectivity index (χ3n) is 5.03. The maximum absolute atomic E-state index is 13.5. The van der Waals surface area contributed by atoms with E-state index in [2.05, 4.69) is 20.5 Å². The number of aryl methyl sites for hydroxylation is 1. The van der Waals surface area contributed by atoms with Gasteiger partial charge in [0.25, 0.3) is 0 Å². The Kier molecular flexibility index (Phi) is 8.69. The fourth-order valence-electron chi connectivity index (χ4n) is 3.51. The summed E-state index contributed by atoms with van der Waals surface area (Å²) in [6.45, 7) is 7.02. The van der Waals surface area contributed by atoms with E-state index < -0.39 is 0 Å². The molecular weight excluding hydrogens is 488 g/mol. The van der Waals surface area contributed by atoms with Gasteiger partial charge in [-0.15, -0.1) is 24.0 Å². The van der Waals surface area contributed by atoms with Crippen molar-refractivity contribution in [1.29, 1.82) is 0 Å². The number of fused-ring (bicyclic) bond motifs is 1. The second kappa shape index (κ2) is 10.8. The Balaban J connectivity index is 0.00000300. The lowest BCUT2D eigenvalue weighted by atomic mass is 10.1. The molecule has 1 aromatic heterocycles. The number of hydrogen-bond acceptors (Lipinski definition) is 4.